The van der Waals surface area contributed by atoms with Crippen LogP contribution in [0.1, 0.15) is 27.0 Å². The summed E-state index contributed by atoms with van der Waals surface area (Å²) in [5, 5.41) is 9.11. The topological polar surface area (TPSA) is 118 Å². The lowest BCUT2D eigenvalue weighted by molar-refractivity contribution is 0.0697. The summed E-state index contributed by atoms with van der Waals surface area (Å²) in [7, 11) is -8.14. The standard InChI is InChI=1S/C22H21NO6S2/c1-14-7-9-19(10-8-14)30(26,27)20-11-15(2)12-21(16(20)3)31(28,29)23-18-6-4-5-17(13-18)22(24)25/h4-13,23H,1-3H3,(H,24,25). The van der Waals surface area contributed by atoms with E-state index in [0.29, 0.717) is 5.56 Å². The molecule has 0 heterocycles. The van der Waals surface area contributed by atoms with E-state index < -0.39 is 25.8 Å². The summed E-state index contributed by atoms with van der Waals surface area (Å²) in [5.74, 6) is -1.20. The molecule has 9 heteroatoms. The maximum absolute atomic E-state index is 13.2. The molecule has 0 aliphatic rings. The second-order valence-electron chi connectivity index (χ2n) is 7.19. The minimum atomic E-state index is -4.19. The van der Waals surface area contributed by atoms with Crippen molar-refractivity contribution in [3.8, 4) is 0 Å². The number of nitrogens with one attached hydrogen (secondary N) is 1. The molecule has 2 N–H and O–H groups in total. The molecule has 3 rings (SSSR count). The van der Waals surface area contributed by atoms with Crippen molar-refractivity contribution in [1.29, 1.82) is 0 Å². The van der Waals surface area contributed by atoms with Crippen molar-refractivity contribution in [3.63, 3.8) is 0 Å². The fourth-order valence-corrected chi connectivity index (χ4v) is 6.19. The van der Waals surface area contributed by atoms with E-state index in [9.17, 15) is 21.6 Å². The smallest absolute Gasteiger partial charge is 0.335 e. The van der Waals surface area contributed by atoms with Crippen LogP contribution < -0.4 is 4.72 Å². The quantitative estimate of drug-likeness (QED) is 0.576. The maximum Gasteiger partial charge on any atom is 0.335 e. The molecule has 3 aromatic carbocycles. The minimum Gasteiger partial charge on any atom is -0.478 e. The number of sulfonamides is 1. The van der Waals surface area contributed by atoms with E-state index in [0.717, 1.165) is 5.56 Å². The molecule has 0 aromatic heterocycles. The fraction of sp³-hybridized carbons (Fsp3) is 0.136. The minimum absolute atomic E-state index is 0.0590. The zero-order chi connectivity index (χ0) is 23.0. The molecular formula is C22H21NO6S2. The molecule has 162 valence electrons. The molecule has 0 bridgehead atoms. The number of aromatic carboxylic acids is 1. The van der Waals surface area contributed by atoms with Gasteiger partial charge in [0.15, 0.2) is 0 Å². The molecule has 31 heavy (non-hydrogen) atoms. The SMILES string of the molecule is Cc1ccc(S(=O)(=O)c2cc(C)cc(S(=O)(=O)Nc3cccc(C(=O)O)c3)c2C)cc1. The molecule has 0 radical (unpaired) electrons. The maximum atomic E-state index is 13.2. The molecular weight excluding hydrogens is 438 g/mol. The van der Waals surface area contributed by atoms with Gasteiger partial charge in [0.1, 0.15) is 0 Å². The highest BCUT2D eigenvalue weighted by Crippen LogP contribution is 2.30. The Morgan fingerprint density at radius 2 is 1.42 bits per heavy atom. The number of anilines is 1. The second kappa shape index (κ2) is 8.16. The Bertz CT molecular complexity index is 1380. The number of rotatable bonds is 6. The highest BCUT2D eigenvalue weighted by molar-refractivity contribution is 7.93. The van der Waals surface area contributed by atoms with Crippen molar-refractivity contribution in [2.75, 3.05) is 4.72 Å². The van der Waals surface area contributed by atoms with E-state index >= 15 is 0 Å². The number of carboxylic acid groups (broad SMARTS) is 1. The number of benzene rings is 3. The molecule has 0 amide bonds. The average molecular weight is 460 g/mol. The Kier molecular flexibility index (Phi) is 5.93. The summed E-state index contributed by atoms with van der Waals surface area (Å²) in [5.41, 5.74) is 1.41. The van der Waals surface area contributed by atoms with Gasteiger partial charge in [0.2, 0.25) is 9.84 Å². The van der Waals surface area contributed by atoms with Gasteiger partial charge in [0, 0.05) is 5.69 Å². The Hall–Kier alpha value is -3.17. The lowest BCUT2D eigenvalue weighted by atomic mass is 10.2. The predicted molar refractivity (Wildman–Crippen MR) is 117 cm³/mol. The number of hydrogen-bond donors (Lipinski definition) is 2. The van der Waals surface area contributed by atoms with Crippen molar-refractivity contribution in [2.24, 2.45) is 0 Å². The number of carboxylic acids is 1. The molecule has 0 fully saturated rings. The van der Waals surface area contributed by atoms with Crippen LogP contribution in [0, 0.1) is 20.8 Å². The highest BCUT2D eigenvalue weighted by atomic mass is 32.2. The van der Waals surface area contributed by atoms with Gasteiger partial charge in [0.05, 0.1) is 20.2 Å². The monoisotopic (exact) mass is 459 g/mol. The van der Waals surface area contributed by atoms with Crippen LogP contribution in [0.15, 0.2) is 75.4 Å². The number of sulfone groups is 1. The van der Waals surface area contributed by atoms with Crippen LogP contribution in [0.2, 0.25) is 0 Å². The first-order chi connectivity index (χ1) is 14.4. The van der Waals surface area contributed by atoms with Gasteiger partial charge >= 0.3 is 5.97 Å². The van der Waals surface area contributed by atoms with Crippen molar-refractivity contribution in [1.82, 2.24) is 0 Å². The van der Waals surface area contributed by atoms with Gasteiger partial charge in [-0.15, -0.1) is 0 Å². The van der Waals surface area contributed by atoms with E-state index in [-0.39, 0.29) is 31.5 Å². The van der Waals surface area contributed by atoms with E-state index in [2.05, 4.69) is 4.72 Å². The summed E-state index contributed by atoms with van der Waals surface area (Å²) in [4.78, 5) is 10.9. The zero-order valence-electron chi connectivity index (χ0n) is 17.1. The molecule has 0 aliphatic carbocycles. The number of aryl methyl sites for hydroxylation is 2. The molecule has 0 aliphatic heterocycles. The lowest BCUT2D eigenvalue weighted by Crippen LogP contribution is -2.17. The van der Waals surface area contributed by atoms with Gasteiger partial charge in [-0.3, -0.25) is 4.72 Å². The molecule has 0 unspecified atom stereocenters. The molecule has 0 saturated carbocycles. The van der Waals surface area contributed by atoms with E-state index in [1.807, 2.05) is 6.92 Å². The van der Waals surface area contributed by atoms with Gasteiger partial charge in [0.25, 0.3) is 10.0 Å². The Labute approximate surface area is 181 Å². The summed E-state index contributed by atoms with van der Waals surface area (Å²) in [6.07, 6.45) is 0. The normalized spacial score (nSPS) is 11.8. The molecule has 7 nitrogen and oxygen atoms in total. The Morgan fingerprint density at radius 3 is 2.03 bits per heavy atom. The first-order valence-electron chi connectivity index (χ1n) is 9.21. The Morgan fingerprint density at radius 1 is 0.806 bits per heavy atom. The van der Waals surface area contributed by atoms with Crippen LogP contribution in [0.4, 0.5) is 5.69 Å². The van der Waals surface area contributed by atoms with E-state index in [4.69, 9.17) is 5.11 Å². The van der Waals surface area contributed by atoms with E-state index in [1.165, 1.54) is 55.5 Å². The molecule has 0 saturated heterocycles. The summed E-state index contributed by atoms with van der Waals surface area (Å²) in [6.45, 7) is 4.88. The van der Waals surface area contributed by atoms with Gasteiger partial charge in [-0.1, -0.05) is 23.8 Å². The van der Waals surface area contributed by atoms with Gasteiger partial charge in [-0.25, -0.2) is 21.6 Å². The van der Waals surface area contributed by atoms with E-state index in [1.54, 1.807) is 19.1 Å². The summed E-state index contributed by atoms with van der Waals surface area (Å²) >= 11 is 0. The van der Waals surface area contributed by atoms with Crippen LogP contribution in [0.25, 0.3) is 0 Å². The third kappa shape index (κ3) is 4.62. The van der Waals surface area contributed by atoms with Crippen LogP contribution >= 0.6 is 0 Å². The van der Waals surface area contributed by atoms with Crippen molar-refractivity contribution < 1.29 is 26.7 Å². The lowest BCUT2D eigenvalue weighted by Gasteiger charge is -2.15. The second-order valence-corrected chi connectivity index (χ2v) is 10.8. The third-order valence-corrected chi connectivity index (χ3v) is 8.13. The van der Waals surface area contributed by atoms with Crippen LogP contribution in [0.5, 0.6) is 0 Å². The van der Waals surface area contributed by atoms with Crippen LogP contribution in [-0.2, 0) is 19.9 Å². The first-order valence-corrected chi connectivity index (χ1v) is 12.2. The van der Waals surface area contributed by atoms with Crippen LogP contribution in [-0.4, -0.2) is 27.9 Å². The summed E-state index contributed by atoms with van der Waals surface area (Å²) < 4.78 is 54.9. The number of carbonyl (C=O) groups is 1. The number of hydrogen-bond acceptors (Lipinski definition) is 5. The fourth-order valence-electron chi connectivity index (χ4n) is 3.12. The van der Waals surface area contributed by atoms with Crippen molar-refractivity contribution in [2.45, 2.75) is 35.5 Å². The van der Waals surface area contributed by atoms with Crippen LogP contribution in [0.3, 0.4) is 0 Å². The van der Waals surface area contributed by atoms with Gasteiger partial charge in [-0.05, 0) is 74.4 Å². The van der Waals surface area contributed by atoms with Crippen molar-refractivity contribution >= 4 is 31.5 Å². The molecule has 3 aromatic rings. The first kappa shape index (κ1) is 22.5. The predicted octanol–water partition coefficient (Wildman–Crippen LogP) is 3.94. The van der Waals surface area contributed by atoms with Gasteiger partial charge < -0.3 is 5.11 Å². The van der Waals surface area contributed by atoms with Gasteiger partial charge in [-0.2, -0.15) is 0 Å². The highest BCUT2D eigenvalue weighted by Gasteiger charge is 2.26. The Balaban J connectivity index is 2.10. The average Bonchev–Trinajstić information content (AvgIpc) is 2.69. The summed E-state index contributed by atoms with van der Waals surface area (Å²) in [6, 6.07) is 14.5. The molecule has 0 atom stereocenters. The third-order valence-electron chi connectivity index (χ3n) is 4.73. The molecule has 0 spiro atoms. The van der Waals surface area contributed by atoms with Crippen molar-refractivity contribution in [3.05, 3.63) is 82.9 Å². The largest absolute Gasteiger partial charge is 0.478 e. The zero-order valence-corrected chi connectivity index (χ0v) is 18.7.